The highest BCUT2D eigenvalue weighted by atomic mass is 16.5. The van der Waals surface area contributed by atoms with Crippen LogP contribution in [0.15, 0.2) is 65.9 Å². The third-order valence-corrected chi connectivity index (χ3v) is 5.92. The summed E-state index contributed by atoms with van der Waals surface area (Å²) in [5.74, 6) is 0.951. The van der Waals surface area contributed by atoms with Gasteiger partial charge in [0.25, 0.3) is 0 Å². The lowest BCUT2D eigenvalue weighted by Crippen LogP contribution is -2.36. The topological polar surface area (TPSA) is 63.5 Å². The molecule has 0 unspecified atom stereocenters. The molecule has 0 aliphatic carbocycles. The Labute approximate surface area is 179 Å². The first-order valence-electron chi connectivity index (χ1n) is 10.5. The standard InChI is InChI=1S/C25H21N5O/c1-3-17-4-2-8-27-23(17)19(5-1)21-15-22(30-11-13-31-14-12-30)29-25-20(21)7-10-28-24(25)18-6-9-26-16-18/h1-10,15H,11-14,16H2. The minimum atomic E-state index is 0.640. The largest absolute Gasteiger partial charge is 0.378 e. The number of para-hydroxylation sites is 1. The number of pyridine rings is 3. The number of anilines is 1. The van der Waals surface area contributed by atoms with Gasteiger partial charge in [0, 0.05) is 53.6 Å². The zero-order valence-corrected chi connectivity index (χ0v) is 17.0. The number of rotatable bonds is 3. The first-order chi connectivity index (χ1) is 15.4. The van der Waals surface area contributed by atoms with Crippen molar-refractivity contribution in [2.24, 2.45) is 4.99 Å². The summed E-state index contributed by atoms with van der Waals surface area (Å²) >= 11 is 0. The molecule has 5 heterocycles. The maximum atomic E-state index is 5.57. The molecule has 1 saturated heterocycles. The summed E-state index contributed by atoms with van der Waals surface area (Å²) in [6.45, 7) is 3.72. The Morgan fingerprint density at radius 1 is 0.871 bits per heavy atom. The molecule has 0 radical (unpaired) electrons. The van der Waals surface area contributed by atoms with Crippen LogP contribution >= 0.6 is 0 Å². The van der Waals surface area contributed by atoms with E-state index in [0.717, 1.165) is 63.1 Å². The molecule has 2 aliphatic heterocycles. The van der Waals surface area contributed by atoms with Crippen molar-refractivity contribution in [2.75, 3.05) is 37.7 Å². The van der Waals surface area contributed by atoms with E-state index in [2.05, 4.69) is 46.3 Å². The zero-order valence-electron chi connectivity index (χ0n) is 17.0. The molecule has 1 fully saturated rings. The summed E-state index contributed by atoms with van der Waals surface area (Å²) in [7, 11) is 0. The predicted octanol–water partition coefficient (Wildman–Crippen LogP) is 4.15. The molecule has 31 heavy (non-hydrogen) atoms. The fourth-order valence-corrected chi connectivity index (χ4v) is 4.37. The van der Waals surface area contributed by atoms with E-state index >= 15 is 0 Å². The molecular weight excluding hydrogens is 386 g/mol. The molecule has 6 nitrogen and oxygen atoms in total. The Hall–Kier alpha value is -3.64. The average molecular weight is 407 g/mol. The van der Waals surface area contributed by atoms with E-state index in [1.165, 1.54) is 0 Å². The van der Waals surface area contributed by atoms with Gasteiger partial charge in [-0.25, -0.2) is 4.98 Å². The number of fused-ring (bicyclic) bond motifs is 2. The molecule has 2 aliphatic rings. The van der Waals surface area contributed by atoms with Gasteiger partial charge in [0.1, 0.15) is 5.82 Å². The van der Waals surface area contributed by atoms with E-state index in [1.807, 2.05) is 30.8 Å². The lowest BCUT2D eigenvalue weighted by atomic mass is 9.97. The quantitative estimate of drug-likeness (QED) is 0.511. The van der Waals surface area contributed by atoms with Gasteiger partial charge in [0.2, 0.25) is 0 Å². The van der Waals surface area contributed by atoms with E-state index in [4.69, 9.17) is 19.7 Å². The van der Waals surface area contributed by atoms with Gasteiger partial charge >= 0.3 is 0 Å². The van der Waals surface area contributed by atoms with Crippen molar-refractivity contribution in [3.63, 3.8) is 0 Å². The van der Waals surface area contributed by atoms with Gasteiger partial charge in [-0.2, -0.15) is 0 Å². The summed E-state index contributed by atoms with van der Waals surface area (Å²) in [5, 5.41) is 2.20. The van der Waals surface area contributed by atoms with E-state index in [0.29, 0.717) is 19.8 Å². The summed E-state index contributed by atoms with van der Waals surface area (Å²) < 4.78 is 5.57. The third kappa shape index (κ3) is 3.16. The lowest BCUT2D eigenvalue weighted by Gasteiger charge is -2.28. The zero-order chi connectivity index (χ0) is 20.6. The SMILES string of the molecule is C1=NCC(c2nccc3c(-c4cccc5cccnc45)cc(N4CCOCC4)nc23)=C1. The number of aliphatic imine (C=N–C) groups is 1. The van der Waals surface area contributed by atoms with E-state index in [9.17, 15) is 0 Å². The third-order valence-electron chi connectivity index (χ3n) is 5.92. The minimum absolute atomic E-state index is 0.640. The highest BCUT2D eigenvalue weighted by Gasteiger charge is 2.20. The van der Waals surface area contributed by atoms with Gasteiger partial charge in [-0.1, -0.05) is 24.3 Å². The molecule has 1 aromatic carbocycles. The van der Waals surface area contributed by atoms with Crippen LogP contribution in [0.25, 0.3) is 38.5 Å². The Bertz CT molecular complexity index is 1350. The number of benzene rings is 1. The van der Waals surface area contributed by atoms with Gasteiger partial charge in [0.05, 0.1) is 36.5 Å². The minimum Gasteiger partial charge on any atom is -0.378 e. The normalized spacial score (nSPS) is 16.3. The van der Waals surface area contributed by atoms with Crippen molar-refractivity contribution >= 4 is 39.4 Å². The van der Waals surface area contributed by atoms with Crippen molar-refractivity contribution in [3.05, 3.63) is 66.6 Å². The van der Waals surface area contributed by atoms with Crippen LogP contribution in [-0.4, -0.2) is 54.0 Å². The first kappa shape index (κ1) is 18.2. The number of aromatic nitrogens is 3. The monoisotopic (exact) mass is 407 g/mol. The molecule has 6 heteroatoms. The number of morpholine rings is 1. The summed E-state index contributed by atoms with van der Waals surface area (Å²) in [5.41, 5.74) is 6.13. The van der Waals surface area contributed by atoms with Crippen LogP contribution in [0.2, 0.25) is 0 Å². The molecular formula is C25H21N5O. The van der Waals surface area contributed by atoms with Gasteiger partial charge in [-0.05, 0) is 29.8 Å². The molecule has 0 atom stereocenters. The number of nitrogens with zero attached hydrogens (tertiary/aromatic N) is 5. The van der Waals surface area contributed by atoms with Gasteiger partial charge < -0.3 is 9.64 Å². The molecule has 152 valence electrons. The highest BCUT2D eigenvalue weighted by Crippen LogP contribution is 2.37. The van der Waals surface area contributed by atoms with Crippen molar-refractivity contribution in [3.8, 4) is 11.1 Å². The summed E-state index contributed by atoms with van der Waals surface area (Å²) in [6, 6.07) is 14.7. The van der Waals surface area contributed by atoms with E-state index < -0.39 is 0 Å². The van der Waals surface area contributed by atoms with Crippen LogP contribution < -0.4 is 4.90 Å². The van der Waals surface area contributed by atoms with Crippen molar-refractivity contribution in [1.29, 1.82) is 0 Å². The van der Waals surface area contributed by atoms with Crippen LogP contribution in [-0.2, 0) is 4.74 Å². The molecule has 4 aromatic rings. The Balaban J connectivity index is 1.65. The molecule has 3 aromatic heterocycles. The molecule has 0 saturated carbocycles. The molecule has 0 N–H and O–H groups in total. The number of allylic oxidation sites excluding steroid dienone is 1. The van der Waals surface area contributed by atoms with Crippen molar-refractivity contribution < 1.29 is 4.74 Å². The van der Waals surface area contributed by atoms with Gasteiger partial charge in [-0.15, -0.1) is 0 Å². The van der Waals surface area contributed by atoms with Crippen molar-refractivity contribution in [2.45, 2.75) is 0 Å². The Morgan fingerprint density at radius 3 is 2.65 bits per heavy atom. The highest BCUT2D eigenvalue weighted by molar-refractivity contribution is 6.07. The second-order valence-corrected chi connectivity index (χ2v) is 7.75. The van der Waals surface area contributed by atoms with Gasteiger partial charge in [-0.3, -0.25) is 15.0 Å². The van der Waals surface area contributed by atoms with Crippen LogP contribution in [0, 0.1) is 0 Å². The van der Waals surface area contributed by atoms with Crippen LogP contribution in [0.4, 0.5) is 5.82 Å². The lowest BCUT2D eigenvalue weighted by molar-refractivity contribution is 0.122. The number of ether oxygens (including phenoxy) is 1. The second-order valence-electron chi connectivity index (χ2n) is 7.75. The summed E-state index contributed by atoms with van der Waals surface area (Å²) in [4.78, 5) is 21.2. The van der Waals surface area contributed by atoms with E-state index in [1.54, 1.807) is 0 Å². The maximum absolute atomic E-state index is 5.57. The van der Waals surface area contributed by atoms with Crippen LogP contribution in [0.3, 0.4) is 0 Å². The van der Waals surface area contributed by atoms with E-state index in [-0.39, 0.29) is 0 Å². The van der Waals surface area contributed by atoms with Crippen molar-refractivity contribution in [1.82, 2.24) is 15.0 Å². The molecule has 0 amide bonds. The maximum Gasteiger partial charge on any atom is 0.130 e. The smallest absolute Gasteiger partial charge is 0.130 e. The number of hydrogen-bond acceptors (Lipinski definition) is 6. The van der Waals surface area contributed by atoms with Gasteiger partial charge in [0.15, 0.2) is 0 Å². The fourth-order valence-electron chi connectivity index (χ4n) is 4.37. The molecule has 0 bridgehead atoms. The van der Waals surface area contributed by atoms with Crippen LogP contribution in [0.1, 0.15) is 5.69 Å². The predicted molar refractivity (Wildman–Crippen MR) is 125 cm³/mol. The Kier molecular flexibility index (Phi) is 4.43. The summed E-state index contributed by atoms with van der Waals surface area (Å²) in [6.07, 6.45) is 7.60. The fraction of sp³-hybridized carbons (Fsp3) is 0.200. The van der Waals surface area contributed by atoms with Crippen LogP contribution in [0.5, 0.6) is 0 Å². The number of hydrogen-bond donors (Lipinski definition) is 0. The average Bonchev–Trinajstić information content (AvgIpc) is 3.38. The second kappa shape index (κ2) is 7.56. The Morgan fingerprint density at radius 2 is 1.77 bits per heavy atom. The molecule has 6 rings (SSSR count). The first-order valence-corrected chi connectivity index (χ1v) is 10.5. The molecule has 0 spiro atoms.